The molecule has 0 heterocycles. The first-order chi connectivity index (χ1) is 29.9. The van der Waals surface area contributed by atoms with Crippen LogP contribution in [0.4, 0.5) is 0 Å². The van der Waals surface area contributed by atoms with Gasteiger partial charge in [-0.3, -0.25) is 9.59 Å². The number of ether oxygens (including phenoxy) is 2. The lowest BCUT2D eigenvalue weighted by atomic mass is 10.0. The maximum absolute atomic E-state index is 13.0. The molecule has 0 aliphatic rings. The Morgan fingerprint density at radius 3 is 1.02 bits per heavy atom. The Morgan fingerprint density at radius 1 is 0.443 bits per heavy atom. The summed E-state index contributed by atoms with van der Waals surface area (Å²) < 4.78 is 11.5. The first-order valence-electron chi connectivity index (χ1n) is 26.8. The monoisotopic (exact) mass is 856 g/mol. The van der Waals surface area contributed by atoms with Crippen LogP contribution in [0.2, 0.25) is 0 Å². The number of aliphatic hydroxyl groups excluding tert-OH is 1. The maximum atomic E-state index is 13.0. The highest BCUT2D eigenvalue weighted by Gasteiger charge is 2.18. The van der Waals surface area contributed by atoms with Gasteiger partial charge in [0, 0.05) is 25.4 Å². The number of hydrogen-bond donors (Lipinski definition) is 2. The zero-order valence-corrected chi connectivity index (χ0v) is 41.0. The first kappa shape index (κ1) is 57.1. The average molecular weight is 856 g/mol. The van der Waals surface area contributed by atoms with Crippen LogP contribution in [0.25, 0.3) is 0 Å². The van der Waals surface area contributed by atoms with Crippen LogP contribution in [-0.2, 0) is 9.59 Å². The van der Waals surface area contributed by atoms with Crippen molar-refractivity contribution >= 4 is 11.9 Å². The molecule has 0 aliphatic carbocycles. The van der Waals surface area contributed by atoms with Crippen molar-refractivity contribution in [2.75, 3.05) is 6.54 Å². The summed E-state index contributed by atoms with van der Waals surface area (Å²) in [5, 5.41) is 14.0. The molecule has 0 radical (unpaired) electrons. The Hall–Kier alpha value is -1.92. The summed E-state index contributed by atoms with van der Waals surface area (Å²) >= 11 is 0. The van der Waals surface area contributed by atoms with Crippen LogP contribution >= 0.6 is 0 Å². The SMILES string of the molecule is CCCCCCCCCCCCCCCCCCCCCC(=O)Oc1ccc(C(O)CNC(C)C)cc1OC(=O)CCCCCCCCCCCCCCCCCCCCC. The summed E-state index contributed by atoms with van der Waals surface area (Å²) in [5.41, 5.74) is 0.623. The lowest BCUT2D eigenvalue weighted by Gasteiger charge is -2.17. The molecule has 1 unspecified atom stereocenters. The number of esters is 2. The highest BCUT2D eigenvalue weighted by Crippen LogP contribution is 2.32. The van der Waals surface area contributed by atoms with Crippen molar-refractivity contribution in [1.29, 1.82) is 0 Å². The molecule has 0 spiro atoms. The molecule has 1 aromatic rings. The van der Waals surface area contributed by atoms with E-state index in [0.717, 1.165) is 38.5 Å². The number of hydrogen-bond acceptors (Lipinski definition) is 6. The third-order valence-corrected chi connectivity index (χ3v) is 12.5. The van der Waals surface area contributed by atoms with Gasteiger partial charge in [-0.1, -0.05) is 265 Å². The summed E-state index contributed by atoms with van der Waals surface area (Å²) in [4.78, 5) is 25.8. The summed E-state index contributed by atoms with van der Waals surface area (Å²) in [6.45, 7) is 9.01. The molecule has 0 amide bonds. The van der Waals surface area contributed by atoms with Crippen LogP contribution in [0, 0.1) is 0 Å². The van der Waals surface area contributed by atoms with Crippen LogP contribution in [0.3, 0.4) is 0 Å². The van der Waals surface area contributed by atoms with Gasteiger partial charge in [-0.2, -0.15) is 0 Å². The van der Waals surface area contributed by atoms with E-state index in [1.807, 2.05) is 13.8 Å². The third kappa shape index (κ3) is 37.2. The van der Waals surface area contributed by atoms with E-state index < -0.39 is 6.10 Å². The van der Waals surface area contributed by atoms with Crippen molar-refractivity contribution < 1.29 is 24.2 Å². The molecular weight excluding hydrogens is 755 g/mol. The second-order valence-electron chi connectivity index (χ2n) is 19.0. The molecule has 0 bridgehead atoms. The third-order valence-electron chi connectivity index (χ3n) is 12.5. The second-order valence-corrected chi connectivity index (χ2v) is 19.0. The number of unbranched alkanes of at least 4 members (excludes halogenated alkanes) is 36. The zero-order valence-electron chi connectivity index (χ0n) is 41.0. The van der Waals surface area contributed by atoms with Crippen LogP contribution in [0.15, 0.2) is 18.2 Å². The van der Waals surface area contributed by atoms with Gasteiger partial charge in [-0.25, -0.2) is 0 Å². The van der Waals surface area contributed by atoms with Crippen molar-refractivity contribution in [1.82, 2.24) is 5.32 Å². The topological polar surface area (TPSA) is 84.9 Å². The molecule has 0 saturated heterocycles. The highest BCUT2D eigenvalue weighted by molar-refractivity contribution is 5.76. The minimum absolute atomic E-state index is 0.213. The summed E-state index contributed by atoms with van der Waals surface area (Å²) in [6, 6.07) is 5.29. The van der Waals surface area contributed by atoms with Gasteiger partial charge in [0.15, 0.2) is 11.5 Å². The Labute approximate surface area is 378 Å². The quantitative estimate of drug-likeness (QED) is 0.0386. The molecule has 1 aromatic carbocycles. The van der Waals surface area contributed by atoms with Crippen molar-refractivity contribution in [2.24, 2.45) is 0 Å². The minimum atomic E-state index is -0.770. The number of carbonyl (C=O) groups is 2. The van der Waals surface area contributed by atoms with E-state index in [4.69, 9.17) is 9.47 Å². The van der Waals surface area contributed by atoms with E-state index in [9.17, 15) is 14.7 Å². The Bertz CT molecular complexity index is 1120. The van der Waals surface area contributed by atoms with Crippen LogP contribution < -0.4 is 14.8 Å². The lowest BCUT2D eigenvalue weighted by molar-refractivity contribution is -0.137. The number of rotatable bonds is 46. The smallest absolute Gasteiger partial charge is 0.311 e. The molecule has 6 nitrogen and oxygen atoms in total. The summed E-state index contributed by atoms with van der Waals surface area (Å²) in [6.07, 6.45) is 49.8. The molecule has 0 fully saturated rings. The van der Waals surface area contributed by atoms with Gasteiger partial charge in [0.2, 0.25) is 0 Å². The molecular formula is C55H101NO5. The predicted molar refractivity (Wildman–Crippen MR) is 262 cm³/mol. The normalized spacial score (nSPS) is 12.0. The van der Waals surface area contributed by atoms with Gasteiger partial charge >= 0.3 is 11.9 Å². The summed E-state index contributed by atoms with van der Waals surface area (Å²) in [5.74, 6) is -0.171. The van der Waals surface area contributed by atoms with E-state index in [0.29, 0.717) is 24.9 Å². The largest absolute Gasteiger partial charge is 0.423 e. The lowest BCUT2D eigenvalue weighted by Crippen LogP contribution is -2.27. The van der Waals surface area contributed by atoms with Crippen LogP contribution in [-0.4, -0.2) is 29.6 Å². The van der Waals surface area contributed by atoms with Gasteiger partial charge in [-0.15, -0.1) is 0 Å². The molecule has 6 heteroatoms. The fraction of sp³-hybridized carbons (Fsp3) is 0.855. The molecule has 0 aromatic heterocycles. The molecule has 0 aliphatic heterocycles. The van der Waals surface area contributed by atoms with E-state index in [2.05, 4.69) is 19.2 Å². The number of carbonyl (C=O) groups excluding carboxylic acids is 2. The van der Waals surface area contributed by atoms with Crippen molar-refractivity contribution in [2.45, 2.75) is 297 Å². The van der Waals surface area contributed by atoms with Gasteiger partial charge in [0.1, 0.15) is 0 Å². The predicted octanol–water partition coefficient (Wildman–Crippen LogP) is 17.2. The molecule has 61 heavy (non-hydrogen) atoms. The van der Waals surface area contributed by atoms with Gasteiger partial charge in [-0.05, 0) is 30.5 Å². The molecule has 0 saturated carbocycles. The summed E-state index contributed by atoms with van der Waals surface area (Å²) in [7, 11) is 0. The fourth-order valence-corrected chi connectivity index (χ4v) is 8.40. The Kier molecular flexibility index (Phi) is 40.6. The van der Waals surface area contributed by atoms with Crippen LogP contribution in [0.1, 0.15) is 296 Å². The average Bonchev–Trinajstić information content (AvgIpc) is 3.25. The zero-order chi connectivity index (χ0) is 44.3. The standard InChI is InChI=1S/C55H101NO5/c1-5-7-9-11-13-15-17-19-21-23-25-27-29-31-33-35-37-39-41-43-54(58)60-52-46-45-50(51(57)48-56-49(3)4)47-53(52)61-55(59)44-42-40-38-36-34-32-30-28-26-24-22-20-18-16-14-12-10-8-6-2/h45-47,49,51,56-57H,5-44,48H2,1-4H3. The van der Waals surface area contributed by atoms with E-state index in [1.54, 1.807) is 18.2 Å². The minimum Gasteiger partial charge on any atom is -0.423 e. The van der Waals surface area contributed by atoms with E-state index in [1.165, 1.54) is 205 Å². The Balaban J connectivity index is 2.23. The molecule has 1 rings (SSSR count). The second kappa shape index (κ2) is 43.3. The fourth-order valence-electron chi connectivity index (χ4n) is 8.40. The van der Waals surface area contributed by atoms with Gasteiger partial charge < -0.3 is 19.9 Å². The highest BCUT2D eigenvalue weighted by atomic mass is 16.6. The van der Waals surface area contributed by atoms with Crippen molar-refractivity contribution in [3.8, 4) is 11.5 Å². The first-order valence-corrected chi connectivity index (χ1v) is 26.8. The van der Waals surface area contributed by atoms with Gasteiger partial charge in [0.25, 0.3) is 0 Å². The maximum Gasteiger partial charge on any atom is 0.311 e. The van der Waals surface area contributed by atoms with Gasteiger partial charge in [0.05, 0.1) is 6.10 Å². The number of nitrogens with one attached hydrogen (secondary N) is 1. The number of aliphatic hydroxyl groups is 1. The molecule has 356 valence electrons. The van der Waals surface area contributed by atoms with E-state index >= 15 is 0 Å². The van der Waals surface area contributed by atoms with Crippen molar-refractivity contribution in [3.05, 3.63) is 23.8 Å². The number of benzene rings is 1. The van der Waals surface area contributed by atoms with Crippen LogP contribution in [0.5, 0.6) is 11.5 Å². The van der Waals surface area contributed by atoms with Crippen molar-refractivity contribution in [3.63, 3.8) is 0 Å². The van der Waals surface area contributed by atoms with E-state index in [-0.39, 0.29) is 29.5 Å². The molecule has 2 N–H and O–H groups in total. The molecule has 1 atom stereocenters. The Morgan fingerprint density at radius 2 is 0.721 bits per heavy atom.